The third kappa shape index (κ3) is 3.66. The molecule has 3 aromatic rings. The average Bonchev–Trinajstić information content (AvgIpc) is 3.03. The maximum Gasteiger partial charge on any atom is 0.346 e. The van der Waals surface area contributed by atoms with Gasteiger partial charge in [-0.3, -0.25) is 14.2 Å². The molecular formula is C19H19N3O6S. The number of carbonyl (C=O) groups excluding carboxylic acids is 1. The highest BCUT2D eigenvalue weighted by Crippen LogP contribution is 2.33. The molecule has 10 heteroatoms. The van der Waals surface area contributed by atoms with Crippen molar-refractivity contribution in [1.82, 2.24) is 9.55 Å². The minimum atomic E-state index is -1.12. The lowest BCUT2D eigenvalue weighted by molar-refractivity contribution is -0.118. The van der Waals surface area contributed by atoms with Crippen molar-refractivity contribution in [1.29, 1.82) is 0 Å². The average molecular weight is 417 g/mol. The second-order valence-corrected chi connectivity index (χ2v) is 7.22. The van der Waals surface area contributed by atoms with Gasteiger partial charge in [-0.05, 0) is 30.7 Å². The van der Waals surface area contributed by atoms with Crippen LogP contribution in [-0.2, 0) is 11.3 Å². The lowest BCUT2D eigenvalue weighted by Crippen LogP contribution is -2.26. The van der Waals surface area contributed by atoms with Crippen LogP contribution in [0.2, 0.25) is 0 Å². The molecule has 0 saturated carbocycles. The summed E-state index contributed by atoms with van der Waals surface area (Å²) in [6.45, 7) is 1.58. The van der Waals surface area contributed by atoms with Crippen molar-refractivity contribution in [2.45, 2.75) is 19.9 Å². The van der Waals surface area contributed by atoms with Crippen LogP contribution in [0.1, 0.15) is 21.7 Å². The molecule has 3 rings (SSSR count). The number of primary amides is 1. The number of aryl methyl sites for hydroxylation is 1. The molecule has 0 aliphatic rings. The Morgan fingerprint density at radius 2 is 1.93 bits per heavy atom. The molecule has 152 valence electrons. The molecule has 1 amide bonds. The van der Waals surface area contributed by atoms with Crippen LogP contribution in [0.25, 0.3) is 21.6 Å². The highest BCUT2D eigenvalue weighted by atomic mass is 32.1. The van der Waals surface area contributed by atoms with Crippen LogP contribution >= 0.6 is 11.3 Å². The van der Waals surface area contributed by atoms with Gasteiger partial charge in [0.2, 0.25) is 5.91 Å². The Morgan fingerprint density at radius 3 is 2.52 bits per heavy atom. The van der Waals surface area contributed by atoms with Gasteiger partial charge >= 0.3 is 5.97 Å². The lowest BCUT2D eigenvalue weighted by Gasteiger charge is -2.14. The number of fused-ring (bicyclic) bond motifs is 1. The van der Waals surface area contributed by atoms with E-state index in [-0.39, 0.29) is 29.1 Å². The van der Waals surface area contributed by atoms with Crippen LogP contribution in [-0.4, -0.2) is 40.8 Å². The van der Waals surface area contributed by atoms with Crippen molar-refractivity contribution in [3.8, 4) is 22.9 Å². The van der Waals surface area contributed by atoms with E-state index in [0.717, 1.165) is 11.3 Å². The van der Waals surface area contributed by atoms with Crippen LogP contribution in [0.15, 0.2) is 23.0 Å². The van der Waals surface area contributed by atoms with Crippen LogP contribution in [0.3, 0.4) is 0 Å². The number of hydrogen-bond acceptors (Lipinski definition) is 7. The third-order valence-electron chi connectivity index (χ3n) is 4.47. The van der Waals surface area contributed by atoms with Gasteiger partial charge in [0.05, 0.1) is 19.6 Å². The lowest BCUT2D eigenvalue weighted by atomic mass is 10.1. The van der Waals surface area contributed by atoms with E-state index in [1.165, 1.54) is 18.8 Å². The zero-order valence-electron chi connectivity index (χ0n) is 16.0. The standard InChI is InChI=1S/C19H19N3O6S/c1-9-14-17(29-15(9)19(25)26)21-16(22(18(14)24)7-6-13(20)23)10-4-5-11(27-2)12(8-10)28-3/h4-5,8H,6-7H2,1-3H3,(H2,20,23)(H,25,26). The predicted molar refractivity (Wildman–Crippen MR) is 108 cm³/mol. The minimum Gasteiger partial charge on any atom is -0.493 e. The van der Waals surface area contributed by atoms with Crippen LogP contribution in [0, 0.1) is 6.92 Å². The number of ether oxygens (including phenoxy) is 2. The van der Waals surface area contributed by atoms with Crippen molar-refractivity contribution in [3.05, 3.63) is 39.0 Å². The molecule has 0 unspecified atom stereocenters. The van der Waals surface area contributed by atoms with Crippen molar-refractivity contribution >= 4 is 33.4 Å². The zero-order chi connectivity index (χ0) is 21.3. The molecule has 0 fully saturated rings. The molecule has 0 spiro atoms. The van der Waals surface area contributed by atoms with Crippen molar-refractivity contribution < 1.29 is 24.2 Å². The van der Waals surface area contributed by atoms with Gasteiger partial charge in [0.1, 0.15) is 15.5 Å². The van der Waals surface area contributed by atoms with Gasteiger partial charge in [-0.1, -0.05) is 0 Å². The Morgan fingerprint density at radius 1 is 1.24 bits per heavy atom. The van der Waals surface area contributed by atoms with E-state index in [2.05, 4.69) is 4.98 Å². The number of nitrogens with two attached hydrogens (primary N) is 1. The van der Waals surface area contributed by atoms with Crippen LogP contribution in [0.5, 0.6) is 11.5 Å². The van der Waals surface area contributed by atoms with E-state index < -0.39 is 17.4 Å². The van der Waals surface area contributed by atoms with Gasteiger partial charge in [0, 0.05) is 18.5 Å². The highest BCUT2D eigenvalue weighted by molar-refractivity contribution is 7.20. The number of thiophene rings is 1. The van der Waals surface area contributed by atoms with Gasteiger partial charge in [-0.25, -0.2) is 9.78 Å². The zero-order valence-corrected chi connectivity index (χ0v) is 16.8. The number of aromatic nitrogens is 2. The number of methoxy groups -OCH3 is 2. The monoisotopic (exact) mass is 417 g/mol. The van der Waals surface area contributed by atoms with E-state index >= 15 is 0 Å². The van der Waals surface area contributed by atoms with E-state index in [1.807, 2.05) is 0 Å². The number of nitrogens with zero attached hydrogens (tertiary/aromatic N) is 2. The summed E-state index contributed by atoms with van der Waals surface area (Å²) in [5, 5.41) is 9.62. The van der Waals surface area contributed by atoms with Gasteiger partial charge in [-0.15, -0.1) is 11.3 Å². The number of rotatable bonds is 7. The maximum atomic E-state index is 13.2. The molecule has 0 aliphatic heterocycles. The number of carboxylic acids is 1. The van der Waals surface area contributed by atoms with Gasteiger partial charge in [0.25, 0.3) is 5.56 Å². The van der Waals surface area contributed by atoms with Gasteiger partial charge in [-0.2, -0.15) is 0 Å². The summed E-state index contributed by atoms with van der Waals surface area (Å²) in [5.74, 6) is -0.467. The van der Waals surface area contributed by atoms with Crippen LogP contribution < -0.4 is 20.8 Å². The number of aromatic carboxylic acids is 1. The van der Waals surface area contributed by atoms with Gasteiger partial charge in [0.15, 0.2) is 11.5 Å². The number of hydrogen-bond donors (Lipinski definition) is 2. The fourth-order valence-corrected chi connectivity index (χ4v) is 4.06. The summed E-state index contributed by atoms with van der Waals surface area (Å²) in [7, 11) is 2.99. The normalized spacial score (nSPS) is 10.9. The first-order valence-corrected chi connectivity index (χ1v) is 9.38. The van der Waals surface area contributed by atoms with E-state index in [1.54, 1.807) is 25.1 Å². The molecule has 2 heterocycles. The summed E-state index contributed by atoms with van der Waals surface area (Å²) in [6, 6.07) is 5.03. The smallest absolute Gasteiger partial charge is 0.346 e. The molecule has 0 aliphatic carbocycles. The van der Waals surface area contributed by atoms with Gasteiger partial charge < -0.3 is 20.3 Å². The first-order valence-electron chi connectivity index (χ1n) is 8.56. The first kappa shape index (κ1) is 20.3. The Labute approximate surface area is 169 Å². The Balaban J connectivity index is 2.32. The Hall–Kier alpha value is -3.40. The largest absolute Gasteiger partial charge is 0.493 e. The minimum absolute atomic E-state index is 0.0124. The van der Waals surface area contributed by atoms with Crippen molar-refractivity contribution in [2.24, 2.45) is 5.73 Å². The molecule has 29 heavy (non-hydrogen) atoms. The van der Waals surface area contributed by atoms with E-state index in [0.29, 0.717) is 27.5 Å². The SMILES string of the molecule is COc1ccc(-c2nc3sc(C(=O)O)c(C)c3c(=O)n2CCC(N)=O)cc1OC. The second-order valence-electron chi connectivity index (χ2n) is 6.22. The summed E-state index contributed by atoms with van der Waals surface area (Å²) in [5.41, 5.74) is 5.73. The third-order valence-corrected chi connectivity index (χ3v) is 5.64. The number of carbonyl (C=O) groups is 2. The second kappa shape index (κ2) is 7.92. The summed E-state index contributed by atoms with van der Waals surface area (Å²) in [6.07, 6.45) is -0.0671. The van der Waals surface area contributed by atoms with Crippen LogP contribution in [0.4, 0.5) is 0 Å². The summed E-state index contributed by atoms with van der Waals surface area (Å²) in [4.78, 5) is 40.9. The topological polar surface area (TPSA) is 134 Å². The Kier molecular flexibility index (Phi) is 5.55. The van der Waals surface area contributed by atoms with E-state index in [4.69, 9.17) is 15.2 Å². The molecule has 0 bridgehead atoms. The van der Waals surface area contributed by atoms with Crippen molar-refractivity contribution in [3.63, 3.8) is 0 Å². The first-order chi connectivity index (χ1) is 13.8. The molecule has 1 aromatic carbocycles. The van der Waals surface area contributed by atoms with Crippen molar-refractivity contribution in [2.75, 3.05) is 14.2 Å². The molecule has 2 aromatic heterocycles. The molecular weight excluding hydrogens is 398 g/mol. The molecule has 9 nitrogen and oxygen atoms in total. The fraction of sp³-hybridized carbons (Fsp3) is 0.263. The highest BCUT2D eigenvalue weighted by Gasteiger charge is 2.22. The Bertz CT molecular complexity index is 1180. The predicted octanol–water partition coefficient (Wildman–Crippen LogP) is 2.02. The quantitative estimate of drug-likeness (QED) is 0.601. The fourth-order valence-electron chi connectivity index (χ4n) is 3.05. The number of amides is 1. The van der Waals surface area contributed by atoms with E-state index in [9.17, 15) is 19.5 Å². The maximum absolute atomic E-state index is 13.2. The number of carboxylic acid groups (broad SMARTS) is 1. The molecule has 0 saturated heterocycles. The molecule has 0 atom stereocenters. The number of benzene rings is 1. The molecule has 0 radical (unpaired) electrons. The molecule has 3 N–H and O–H groups in total. The summed E-state index contributed by atoms with van der Waals surface area (Å²) >= 11 is 0.934. The summed E-state index contributed by atoms with van der Waals surface area (Å²) < 4.78 is 11.9.